The zero-order valence-electron chi connectivity index (χ0n) is 24.1. The van der Waals surface area contributed by atoms with Crippen LogP contribution in [0.15, 0.2) is 46.7 Å². The highest BCUT2D eigenvalue weighted by atomic mass is 35.5. The summed E-state index contributed by atoms with van der Waals surface area (Å²) < 4.78 is 31.3. The fraction of sp³-hybridized carbons (Fsp3) is 0.321. The van der Waals surface area contributed by atoms with E-state index in [1.165, 1.54) is 33.6 Å². The molecule has 3 N–H and O–H groups in total. The highest BCUT2D eigenvalue weighted by Crippen LogP contribution is 2.36. The quantitative estimate of drug-likeness (QED) is 0.172. The minimum atomic E-state index is -0.797. The van der Waals surface area contributed by atoms with Crippen LogP contribution in [0.4, 0.5) is 4.79 Å². The maximum absolute atomic E-state index is 12.6. The van der Waals surface area contributed by atoms with Gasteiger partial charge in [0, 0.05) is 5.70 Å². The van der Waals surface area contributed by atoms with Crippen LogP contribution in [-0.2, 0) is 23.9 Å². The van der Waals surface area contributed by atoms with Crippen LogP contribution in [0.2, 0.25) is 5.02 Å². The molecule has 15 heteroatoms. The predicted molar refractivity (Wildman–Crippen MR) is 153 cm³/mol. The molecule has 0 unspecified atom stereocenters. The zero-order chi connectivity index (χ0) is 31.5. The number of allylic oxidation sites excluding steroid dienone is 1. The Morgan fingerprint density at radius 1 is 1.02 bits per heavy atom. The minimum absolute atomic E-state index is 0.148. The topological polar surface area (TPSA) is 172 Å². The fourth-order valence-electron chi connectivity index (χ4n) is 3.91. The van der Waals surface area contributed by atoms with Gasteiger partial charge in [-0.25, -0.2) is 19.8 Å². The molecule has 2 aromatic rings. The Balaban J connectivity index is 1.65. The van der Waals surface area contributed by atoms with Crippen LogP contribution < -0.4 is 35.0 Å². The summed E-state index contributed by atoms with van der Waals surface area (Å²) in [6.07, 6.45) is 1.33. The summed E-state index contributed by atoms with van der Waals surface area (Å²) in [6, 6.07) is 6.55. The number of esters is 2. The summed E-state index contributed by atoms with van der Waals surface area (Å²) in [5.41, 5.74) is 3.96. The maximum atomic E-state index is 12.6. The standard InChI is InChI=1S/C28H31ClN4O10/c1-6-41-27(36)24-15(2)31-28(37)32-25(24)17-7-8-19(20(11-17)38-3)42-13-22(34)33-30-12-16-9-18(29)26(21(10-16)39-4)43-14-23(35)40-5/h7-12,25H,6,13-14H2,1-5H3,(H,33,34)(H2,31,32,37)/b30-12-/t25-/m1/s1. The SMILES string of the molecule is CCOC(=O)C1=C(C)NC(=O)N[C@@H]1c1ccc(OCC(=O)N/N=C\c2cc(Cl)c(OCC(=O)OC)c(OC)c2)c(OC)c1. The summed E-state index contributed by atoms with van der Waals surface area (Å²) in [5, 5.41) is 9.33. The van der Waals surface area contributed by atoms with Crippen molar-refractivity contribution in [2.24, 2.45) is 5.10 Å². The molecule has 1 aliphatic heterocycles. The summed E-state index contributed by atoms with van der Waals surface area (Å²) in [5.74, 6) is -0.846. The normalized spacial score (nSPS) is 14.4. The summed E-state index contributed by atoms with van der Waals surface area (Å²) in [4.78, 5) is 48.4. The molecular formula is C28H31ClN4O10. The highest BCUT2D eigenvalue weighted by molar-refractivity contribution is 6.32. The van der Waals surface area contributed by atoms with E-state index in [9.17, 15) is 19.2 Å². The van der Waals surface area contributed by atoms with E-state index >= 15 is 0 Å². The van der Waals surface area contributed by atoms with Gasteiger partial charge in [-0.2, -0.15) is 5.10 Å². The van der Waals surface area contributed by atoms with Gasteiger partial charge >= 0.3 is 18.0 Å². The Kier molecular flexibility index (Phi) is 11.6. The van der Waals surface area contributed by atoms with Crippen molar-refractivity contribution in [1.82, 2.24) is 16.1 Å². The molecule has 1 atom stereocenters. The average Bonchev–Trinajstić information content (AvgIpc) is 2.98. The molecule has 1 aliphatic rings. The highest BCUT2D eigenvalue weighted by Gasteiger charge is 2.32. The molecule has 0 bridgehead atoms. The van der Waals surface area contributed by atoms with Gasteiger partial charge in [0.25, 0.3) is 5.91 Å². The first kappa shape index (κ1) is 32.5. The third-order valence-electron chi connectivity index (χ3n) is 5.86. The number of halogens is 1. The molecule has 0 fully saturated rings. The van der Waals surface area contributed by atoms with E-state index in [-0.39, 0.29) is 46.8 Å². The molecular weight excluding hydrogens is 588 g/mol. The first-order valence-corrected chi connectivity index (χ1v) is 13.1. The largest absolute Gasteiger partial charge is 0.493 e. The monoisotopic (exact) mass is 618 g/mol. The fourth-order valence-corrected chi connectivity index (χ4v) is 4.18. The van der Waals surface area contributed by atoms with E-state index in [2.05, 4.69) is 25.9 Å². The van der Waals surface area contributed by atoms with Crippen molar-refractivity contribution >= 4 is 41.7 Å². The number of urea groups is 1. The van der Waals surface area contributed by atoms with E-state index in [4.69, 9.17) is 35.3 Å². The molecule has 0 saturated carbocycles. The number of nitrogens with one attached hydrogen (secondary N) is 3. The lowest BCUT2D eigenvalue weighted by Crippen LogP contribution is -2.45. The van der Waals surface area contributed by atoms with Crippen LogP contribution in [-0.4, -0.2) is 71.2 Å². The number of nitrogens with zero attached hydrogens (tertiary/aromatic N) is 1. The second-order valence-corrected chi connectivity index (χ2v) is 9.09. The van der Waals surface area contributed by atoms with Gasteiger partial charge in [-0.3, -0.25) is 4.79 Å². The van der Waals surface area contributed by atoms with Crippen LogP contribution in [0.3, 0.4) is 0 Å². The molecule has 14 nitrogen and oxygen atoms in total. The Labute approximate surface area is 252 Å². The predicted octanol–water partition coefficient (Wildman–Crippen LogP) is 2.63. The van der Waals surface area contributed by atoms with Gasteiger partial charge in [-0.15, -0.1) is 0 Å². The Morgan fingerprint density at radius 3 is 2.44 bits per heavy atom. The Morgan fingerprint density at radius 2 is 1.77 bits per heavy atom. The van der Waals surface area contributed by atoms with Gasteiger partial charge in [0.1, 0.15) is 0 Å². The molecule has 3 amide bonds. The molecule has 0 aliphatic carbocycles. The van der Waals surface area contributed by atoms with Crippen molar-refractivity contribution in [3.8, 4) is 23.0 Å². The molecule has 0 spiro atoms. The number of methoxy groups -OCH3 is 3. The van der Waals surface area contributed by atoms with Gasteiger partial charge in [0.05, 0.1) is 50.8 Å². The number of hydrogen-bond acceptors (Lipinski definition) is 11. The summed E-state index contributed by atoms with van der Waals surface area (Å²) in [7, 11) is 4.04. The van der Waals surface area contributed by atoms with Crippen LogP contribution in [0, 0.1) is 0 Å². The van der Waals surface area contributed by atoms with Crippen molar-refractivity contribution < 1.29 is 47.6 Å². The van der Waals surface area contributed by atoms with Crippen LogP contribution in [0.1, 0.15) is 31.0 Å². The van der Waals surface area contributed by atoms with Crippen LogP contribution in [0.5, 0.6) is 23.0 Å². The minimum Gasteiger partial charge on any atom is -0.493 e. The van der Waals surface area contributed by atoms with Gasteiger partial charge < -0.3 is 39.1 Å². The van der Waals surface area contributed by atoms with E-state index in [0.29, 0.717) is 16.8 Å². The van der Waals surface area contributed by atoms with Crippen LogP contribution in [0.25, 0.3) is 0 Å². The van der Waals surface area contributed by atoms with Crippen molar-refractivity contribution in [2.75, 3.05) is 41.2 Å². The molecule has 0 radical (unpaired) electrons. The number of benzene rings is 2. The molecule has 43 heavy (non-hydrogen) atoms. The van der Waals surface area contributed by atoms with Crippen molar-refractivity contribution in [3.05, 3.63) is 57.8 Å². The summed E-state index contributed by atoms with van der Waals surface area (Å²) >= 11 is 6.25. The van der Waals surface area contributed by atoms with E-state index in [1.54, 1.807) is 38.1 Å². The third-order valence-corrected chi connectivity index (χ3v) is 6.14. The number of ether oxygens (including phenoxy) is 6. The number of rotatable bonds is 13. The number of carbonyl (C=O) groups is 4. The molecule has 0 saturated heterocycles. The lowest BCUT2D eigenvalue weighted by molar-refractivity contribution is -0.143. The Hall–Kier alpha value is -4.98. The second kappa shape index (κ2) is 15.3. The second-order valence-electron chi connectivity index (χ2n) is 8.68. The maximum Gasteiger partial charge on any atom is 0.343 e. The van der Waals surface area contributed by atoms with Gasteiger partial charge in [0.15, 0.2) is 36.2 Å². The number of hydrogen-bond donors (Lipinski definition) is 3. The molecule has 3 rings (SSSR count). The van der Waals surface area contributed by atoms with Crippen molar-refractivity contribution in [1.29, 1.82) is 0 Å². The molecule has 0 aromatic heterocycles. The number of carbonyl (C=O) groups excluding carboxylic acids is 4. The number of hydrazone groups is 1. The van der Waals surface area contributed by atoms with Crippen molar-refractivity contribution in [2.45, 2.75) is 19.9 Å². The smallest absolute Gasteiger partial charge is 0.343 e. The van der Waals surface area contributed by atoms with E-state index in [1.807, 2.05) is 0 Å². The zero-order valence-corrected chi connectivity index (χ0v) is 24.8. The molecule has 2 aromatic carbocycles. The van der Waals surface area contributed by atoms with Gasteiger partial charge in [-0.05, 0) is 49.2 Å². The van der Waals surface area contributed by atoms with Crippen molar-refractivity contribution in [3.63, 3.8) is 0 Å². The Bertz CT molecular complexity index is 1440. The average molecular weight is 619 g/mol. The third kappa shape index (κ3) is 8.52. The first-order valence-electron chi connectivity index (χ1n) is 12.8. The lowest BCUT2D eigenvalue weighted by atomic mass is 9.95. The molecule has 1 heterocycles. The van der Waals surface area contributed by atoms with Gasteiger partial charge in [-0.1, -0.05) is 17.7 Å². The van der Waals surface area contributed by atoms with Crippen LogP contribution >= 0.6 is 11.6 Å². The van der Waals surface area contributed by atoms with E-state index in [0.717, 1.165) is 0 Å². The lowest BCUT2D eigenvalue weighted by Gasteiger charge is -2.28. The van der Waals surface area contributed by atoms with Gasteiger partial charge in [0.2, 0.25) is 0 Å². The summed E-state index contributed by atoms with van der Waals surface area (Å²) in [6.45, 7) is 2.69. The van der Waals surface area contributed by atoms with E-state index < -0.39 is 36.5 Å². The number of amides is 3. The molecule has 230 valence electrons. The first-order chi connectivity index (χ1) is 20.6.